The molecule has 0 saturated heterocycles. The van der Waals surface area contributed by atoms with Crippen LogP contribution in [0.2, 0.25) is 0 Å². The molecule has 0 atom stereocenters. The third-order valence-corrected chi connectivity index (χ3v) is 5.02. The van der Waals surface area contributed by atoms with Gasteiger partial charge in [0, 0.05) is 39.0 Å². The molecule has 0 aliphatic heterocycles. The van der Waals surface area contributed by atoms with Crippen LogP contribution in [0.1, 0.15) is 70.9 Å². The van der Waals surface area contributed by atoms with Crippen LogP contribution in [0.4, 0.5) is 0 Å². The smallest absolute Gasteiger partial charge is 0.222 e. The summed E-state index contributed by atoms with van der Waals surface area (Å²) in [5.74, 6) is 0.184. The first-order valence-electron chi connectivity index (χ1n) is 10.9. The zero-order chi connectivity index (χ0) is 20.8. The van der Waals surface area contributed by atoms with Gasteiger partial charge in [0.05, 0.1) is 0 Å². The van der Waals surface area contributed by atoms with Crippen molar-refractivity contribution in [1.82, 2.24) is 15.1 Å². The van der Waals surface area contributed by atoms with Crippen molar-refractivity contribution in [3.8, 4) is 0 Å². The van der Waals surface area contributed by atoms with Gasteiger partial charge in [-0.1, -0.05) is 52.0 Å². The number of hydrogen-bond acceptors (Lipinski definition) is 3. The molecular weight excluding hydrogens is 350 g/mol. The van der Waals surface area contributed by atoms with Crippen LogP contribution >= 0.6 is 0 Å². The lowest BCUT2D eigenvalue weighted by Gasteiger charge is -2.21. The summed E-state index contributed by atoms with van der Waals surface area (Å²) in [5.41, 5.74) is 2.42. The average molecular weight is 390 g/mol. The van der Waals surface area contributed by atoms with Gasteiger partial charge in [-0.3, -0.25) is 14.5 Å². The monoisotopic (exact) mass is 389 g/mol. The number of carbonyl (C=O) groups excluding carboxylic acids is 2. The quantitative estimate of drug-likeness (QED) is 0.524. The van der Waals surface area contributed by atoms with Crippen LogP contribution in [-0.2, 0) is 22.7 Å². The number of nitrogens with one attached hydrogen (secondary N) is 1. The maximum Gasteiger partial charge on any atom is 0.222 e. The fraction of sp³-hybridized carbons (Fsp3) is 0.652. The van der Waals surface area contributed by atoms with Crippen molar-refractivity contribution in [2.45, 2.75) is 72.9 Å². The van der Waals surface area contributed by atoms with E-state index in [-0.39, 0.29) is 11.8 Å². The van der Waals surface area contributed by atoms with E-state index in [2.05, 4.69) is 50.0 Å². The van der Waals surface area contributed by atoms with Gasteiger partial charge in [-0.25, -0.2) is 0 Å². The van der Waals surface area contributed by atoms with Gasteiger partial charge < -0.3 is 10.2 Å². The maximum absolute atomic E-state index is 12.3. The zero-order valence-electron chi connectivity index (χ0n) is 18.3. The predicted molar refractivity (Wildman–Crippen MR) is 116 cm³/mol. The summed E-state index contributed by atoms with van der Waals surface area (Å²) >= 11 is 0. The van der Waals surface area contributed by atoms with Crippen LogP contribution in [0.15, 0.2) is 24.3 Å². The number of carbonyl (C=O) groups is 2. The van der Waals surface area contributed by atoms with E-state index in [4.69, 9.17) is 0 Å². The molecule has 2 amide bonds. The van der Waals surface area contributed by atoms with Gasteiger partial charge in [-0.05, 0) is 43.5 Å². The van der Waals surface area contributed by atoms with E-state index in [0.717, 1.165) is 51.1 Å². The molecule has 0 aromatic heterocycles. The lowest BCUT2D eigenvalue weighted by atomic mass is 10.1. The highest BCUT2D eigenvalue weighted by Gasteiger charge is 2.13. The molecular formula is C23H39N3O2. The molecule has 0 bridgehead atoms. The van der Waals surface area contributed by atoms with E-state index in [1.807, 2.05) is 17.0 Å². The van der Waals surface area contributed by atoms with Gasteiger partial charge in [-0.2, -0.15) is 0 Å². The van der Waals surface area contributed by atoms with E-state index < -0.39 is 0 Å². The topological polar surface area (TPSA) is 52.7 Å². The minimum atomic E-state index is 0.0166. The van der Waals surface area contributed by atoms with Crippen molar-refractivity contribution < 1.29 is 9.59 Å². The van der Waals surface area contributed by atoms with Crippen molar-refractivity contribution in [1.29, 1.82) is 0 Å². The Balaban J connectivity index is 2.44. The predicted octanol–water partition coefficient (Wildman–Crippen LogP) is 3.96. The number of hydrogen-bond donors (Lipinski definition) is 1. The number of rotatable bonds is 14. The third kappa shape index (κ3) is 8.87. The summed E-state index contributed by atoms with van der Waals surface area (Å²) in [6, 6.07) is 8.28. The van der Waals surface area contributed by atoms with Crippen molar-refractivity contribution in [3.63, 3.8) is 0 Å². The summed E-state index contributed by atoms with van der Waals surface area (Å²) in [7, 11) is 0. The molecule has 0 unspecified atom stereocenters. The second kappa shape index (κ2) is 14.2. The molecule has 1 rings (SSSR count). The largest absolute Gasteiger partial charge is 0.352 e. The molecule has 0 heterocycles. The molecule has 1 aromatic rings. The minimum absolute atomic E-state index is 0.0166. The summed E-state index contributed by atoms with van der Waals surface area (Å²) in [4.78, 5) is 28.8. The first-order valence-corrected chi connectivity index (χ1v) is 10.9. The zero-order valence-corrected chi connectivity index (χ0v) is 18.3. The second-order valence-electron chi connectivity index (χ2n) is 7.24. The third-order valence-electron chi connectivity index (χ3n) is 5.02. The minimum Gasteiger partial charge on any atom is -0.352 e. The Morgan fingerprint density at radius 2 is 1.50 bits per heavy atom. The Kier molecular flexibility index (Phi) is 12.2. The number of nitrogens with zero attached hydrogens (tertiary/aromatic N) is 2. The molecule has 0 fully saturated rings. The fourth-order valence-corrected chi connectivity index (χ4v) is 3.31. The first-order chi connectivity index (χ1) is 13.5. The molecule has 5 nitrogen and oxygen atoms in total. The molecule has 158 valence electrons. The fourth-order valence-electron chi connectivity index (χ4n) is 3.31. The molecule has 0 aliphatic rings. The van der Waals surface area contributed by atoms with Crippen LogP contribution in [-0.4, -0.2) is 47.8 Å². The molecule has 1 N–H and O–H groups in total. The standard InChI is InChI=1S/C23H39N3O2/c1-5-16-26(17-6-2)23(28)15-11-14-22(27)24-18-20-12-9-10-13-21(20)19-25(7-3)8-4/h9-10,12-13H,5-8,11,14-19H2,1-4H3,(H,24,27). The molecule has 0 spiro atoms. The Morgan fingerprint density at radius 3 is 2.07 bits per heavy atom. The Bertz CT molecular complexity index is 579. The van der Waals surface area contributed by atoms with Crippen LogP contribution in [0.3, 0.4) is 0 Å². The Labute approximate surface area is 171 Å². The number of amides is 2. The van der Waals surface area contributed by atoms with E-state index in [1.165, 1.54) is 5.56 Å². The molecule has 1 aromatic carbocycles. The van der Waals surface area contributed by atoms with E-state index >= 15 is 0 Å². The lowest BCUT2D eigenvalue weighted by molar-refractivity contribution is -0.131. The van der Waals surface area contributed by atoms with Gasteiger partial charge in [0.25, 0.3) is 0 Å². The lowest BCUT2D eigenvalue weighted by Crippen LogP contribution is -2.32. The maximum atomic E-state index is 12.3. The van der Waals surface area contributed by atoms with Crippen molar-refractivity contribution >= 4 is 11.8 Å². The second-order valence-corrected chi connectivity index (χ2v) is 7.24. The Morgan fingerprint density at radius 1 is 0.893 bits per heavy atom. The summed E-state index contributed by atoms with van der Waals surface area (Å²) in [5, 5.41) is 3.02. The van der Waals surface area contributed by atoms with Gasteiger partial charge in [-0.15, -0.1) is 0 Å². The van der Waals surface area contributed by atoms with Crippen LogP contribution in [0.5, 0.6) is 0 Å². The average Bonchev–Trinajstić information content (AvgIpc) is 2.70. The molecule has 0 radical (unpaired) electrons. The first kappa shape index (κ1) is 24.2. The summed E-state index contributed by atoms with van der Waals surface area (Å²) in [6.45, 7) is 13.6. The highest BCUT2D eigenvalue weighted by Crippen LogP contribution is 2.12. The van der Waals surface area contributed by atoms with Gasteiger partial charge >= 0.3 is 0 Å². The van der Waals surface area contributed by atoms with E-state index in [1.54, 1.807) is 0 Å². The summed E-state index contributed by atoms with van der Waals surface area (Å²) in [6.07, 6.45) is 3.40. The van der Waals surface area contributed by atoms with Gasteiger partial charge in [0.1, 0.15) is 0 Å². The highest BCUT2D eigenvalue weighted by molar-refractivity contribution is 5.79. The molecule has 5 heteroatoms. The number of benzene rings is 1. The van der Waals surface area contributed by atoms with E-state index in [0.29, 0.717) is 25.8 Å². The van der Waals surface area contributed by atoms with Crippen molar-refractivity contribution in [3.05, 3.63) is 35.4 Å². The SMILES string of the molecule is CCCN(CCC)C(=O)CCCC(=O)NCc1ccccc1CN(CC)CC. The van der Waals surface area contributed by atoms with Crippen molar-refractivity contribution in [2.75, 3.05) is 26.2 Å². The van der Waals surface area contributed by atoms with Crippen LogP contribution < -0.4 is 5.32 Å². The van der Waals surface area contributed by atoms with Crippen molar-refractivity contribution in [2.24, 2.45) is 0 Å². The van der Waals surface area contributed by atoms with Gasteiger partial charge in [0.2, 0.25) is 11.8 Å². The van der Waals surface area contributed by atoms with Crippen LogP contribution in [0, 0.1) is 0 Å². The van der Waals surface area contributed by atoms with Gasteiger partial charge in [0.15, 0.2) is 0 Å². The Hall–Kier alpha value is -1.88. The summed E-state index contributed by atoms with van der Waals surface area (Å²) < 4.78 is 0. The normalized spacial score (nSPS) is 10.9. The van der Waals surface area contributed by atoms with E-state index in [9.17, 15) is 9.59 Å². The highest BCUT2D eigenvalue weighted by atomic mass is 16.2. The van der Waals surface area contributed by atoms with Crippen LogP contribution in [0.25, 0.3) is 0 Å². The molecule has 28 heavy (non-hydrogen) atoms. The molecule has 0 saturated carbocycles. The molecule has 0 aliphatic carbocycles.